The van der Waals surface area contributed by atoms with Gasteiger partial charge in [0.2, 0.25) is 0 Å². The number of nitrogens with zero attached hydrogens (tertiary/aromatic N) is 1. The molecule has 0 spiro atoms. The number of rotatable bonds is 4. The van der Waals surface area contributed by atoms with Crippen LogP contribution in [-0.2, 0) is 6.42 Å². The van der Waals surface area contributed by atoms with Crippen LogP contribution >= 0.6 is 11.6 Å². The standard InChI is InChI=1S/C13H19ClN2/c14-12-6-5-11(10-13(12)15)4-3-9-16-7-1-2-8-16/h5-6,10H,1-4,7-9,15H2. The van der Waals surface area contributed by atoms with Crippen molar-refractivity contribution in [3.05, 3.63) is 28.8 Å². The first-order valence-electron chi connectivity index (χ1n) is 6.02. The largest absolute Gasteiger partial charge is 0.398 e. The third-order valence-electron chi connectivity index (χ3n) is 3.20. The molecule has 1 aliphatic heterocycles. The van der Waals surface area contributed by atoms with Crippen molar-refractivity contribution in [1.82, 2.24) is 4.90 Å². The number of hydrogen-bond donors (Lipinski definition) is 1. The van der Waals surface area contributed by atoms with Gasteiger partial charge in [-0.25, -0.2) is 0 Å². The Bertz CT molecular complexity index is 346. The van der Waals surface area contributed by atoms with Crippen LogP contribution in [0, 0.1) is 0 Å². The van der Waals surface area contributed by atoms with Gasteiger partial charge >= 0.3 is 0 Å². The highest BCUT2D eigenvalue weighted by atomic mass is 35.5. The molecule has 0 atom stereocenters. The van der Waals surface area contributed by atoms with Gasteiger partial charge in [-0.1, -0.05) is 17.7 Å². The minimum absolute atomic E-state index is 0.656. The second-order valence-electron chi connectivity index (χ2n) is 4.51. The molecule has 1 aromatic rings. The molecule has 16 heavy (non-hydrogen) atoms. The van der Waals surface area contributed by atoms with Gasteiger partial charge < -0.3 is 10.6 Å². The third kappa shape index (κ3) is 3.13. The SMILES string of the molecule is Nc1cc(CCCN2CCCC2)ccc1Cl. The summed E-state index contributed by atoms with van der Waals surface area (Å²) in [5, 5.41) is 0.656. The molecule has 1 saturated heterocycles. The third-order valence-corrected chi connectivity index (χ3v) is 3.54. The van der Waals surface area contributed by atoms with Crippen molar-refractivity contribution in [2.24, 2.45) is 0 Å². The Morgan fingerprint density at radius 2 is 2.00 bits per heavy atom. The zero-order chi connectivity index (χ0) is 11.4. The molecule has 0 radical (unpaired) electrons. The van der Waals surface area contributed by atoms with Crippen molar-refractivity contribution in [2.75, 3.05) is 25.4 Å². The van der Waals surface area contributed by atoms with Crippen LogP contribution < -0.4 is 5.73 Å². The Kier molecular flexibility index (Phi) is 4.08. The van der Waals surface area contributed by atoms with Crippen molar-refractivity contribution in [1.29, 1.82) is 0 Å². The van der Waals surface area contributed by atoms with Crippen LogP contribution in [0.4, 0.5) is 5.69 Å². The van der Waals surface area contributed by atoms with Crippen LogP contribution in [0.5, 0.6) is 0 Å². The van der Waals surface area contributed by atoms with E-state index in [1.807, 2.05) is 12.1 Å². The molecule has 1 aromatic carbocycles. The second-order valence-corrected chi connectivity index (χ2v) is 4.92. The summed E-state index contributed by atoms with van der Waals surface area (Å²) in [6.07, 6.45) is 5.04. The zero-order valence-corrected chi connectivity index (χ0v) is 10.3. The molecule has 0 unspecified atom stereocenters. The number of nitrogens with two attached hydrogens (primary N) is 1. The molecule has 2 N–H and O–H groups in total. The lowest BCUT2D eigenvalue weighted by Crippen LogP contribution is -2.20. The number of anilines is 1. The first-order valence-corrected chi connectivity index (χ1v) is 6.40. The predicted molar refractivity (Wildman–Crippen MR) is 69.9 cm³/mol. The van der Waals surface area contributed by atoms with Gasteiger partial charge in [-0.05, 0) is 63.0 Å². The van der Waals surface area contributed by atoms with Gasteiger partial charge in [0.05, 0.1) is 10.7 Å². The number of halogens is 1. The molecule has 0 amide bonds. The van der Waals surface area contributed by atoms with E-state index < -0.39 is 0 Å². The summed E-state index contributed by atoms with van der Waals surface area (Å²) in [5.41, 5.74) is 7.76. The van der Waals surface area contributed by atoms with Gasteiger partial charge in [0.1, 0.15) is 0 Å². The Labute approximate surface area is 102 Å². The molecule has 1 heterocycles. The molecule has 2 nitrogen and oxygen atoms in total. The quantitative estimate of drug-likeness (QED) is 0.818. The minimum atomic E-state index is 0.656. The maximum Gasteiger partial charge on any atom is 0.0635 e. The normalized spacial score (nSPS) is 16.8. The van der Waals surface area contributed by atoms with Gasteiger partial charge in [-0.2, -0.15) is 0 Å². The Morgan fingerprint density at radius 1 is 1.25 bits per heavy atom. The van der Waals surface area contributed by atoms with Crippen molar-refractivity contribution in [2.45, 2.75) is 25.7 Å². The predicted octanol–water partition coefficient (Wildman–Crippen LogP) is 2.95. The van der Waals surface area contributed by atoms with E-state index in [1.54, 1.807) is 0 Å². The summed E-state index contributed by atoms with van der Waals surface area (Å²) >= 11 is 5.89. The first-order chi connectivity index (χ1) is 7.75. The van der Waals surface area contributed by atoms with E-state index in [4.69, 9.17) is 17.3 Å². The minimum Gasteiger partial charge on any atom is -0.398 e. The van der Waals surface area contributed by atoms with Gasteiger partial charge in [-0.15, -0.1) is 0 Å². The number of nitrogen functional groups attached to an aromatic ring is 1. The average Bonchev–Trinajstić information content (AvgIpc) is 2.76. The fourth-order valence-corrected chi connectivity index (χ4v) is 2.38. The van der Waals surface area contributed by atoms with E-state index in [1.165, 1.54) is 44.5 Å². The summed E-state index contributed by atoms with van der Waals surface area (Å²) in [5.74, 6) is 0. The molecule has 1 fully saturated rings. The molecule has 0 bridgehead atoms. The summed E-state index contributed by atoms with van der Waals surface area (Å²) < 4.78 is 0. The fraction of sp³-hybridized carbons (Fsp3) is 0.538. The lowest BCUT2D eigenvalue weighted by atomic mass is 10.1. The van der Waals surface area contributed by atoms with E-state index in [0.717, 1.165) is 6.42 Å². The molecule has 88 valence electrons. The molecule has 1 aliphatic rings. The lowest BCUT2D eigenvalue weighted by Gasteiger charge is -2.14. The van der Waals surface area contributed by atoms with E-state index in [-0.39, 0.29) is 0 Å². The Hall–Kier alpha value is -0.730. The van der Waals surface area contributed by atoms with Crippen LogP contribution in [0.25, 0.3) is 0 Å². The van der Waals surface area contributed by atoms with Crippen molar-refractivity contribution < 1.29 is 0 Å². The number of hydrogen-bond acceptors (Lipinski definition) is 2. The smallest absolute Gasteiger partial charge is 0.0635 e. The summed E-state index contributed by atoms with van der Waals surface area (Å²) in [4.78, 5) is 2.54. The summed E-state index contributed by atoms with van der Waals surface area (Å²) in [7, 11) is 0. The molecule has 3 heteroatoms. The Morgan fingerprint density at radius 3 is 2.69 bits per heavy atom. The molecular formula is C13H19ClN2. The molecular weight excluding hydrogens is 220 g/mol. The monoisotopic (exact) mass is 238 g/mol. The highest BCUT2D eigenvalue weighted by Gasteiger charge is 2.10. The van der Waals surface area contributed by atoms with E-state index >= 15 is 0 Å². The molecule has 2 rings (SSSR count). The first kappa shape index (κ1) is 11.7. The van der Waals surface area contributed by atoms with Crippen LogP contribution in [0.3, 0.4) is 0 Å². The van der Waals surface area contributed by atoms with E-state index in [2.05, 4.69) is 11.0 Å². The van der Waals surface area contributed by atoms with Crippen LogP contribution in [-0.4, -0.2) is 24.5 Å². The highest BCUT2D eigenvalue weighted by Crippen LogP contribution is 2.20. The van der Waals surface area contributed by atoms with Crippen LogP contribution in [0.1, 0.15) is 24.8 Å². The van der Waals surface area contributed by atoms with Gasteiger partial charge in [0.15, 0.2) is 0 Å². The van der Waals surface area contributed by atoms with Gasteiger partial charge in [0, 0.05) is 0 Å². The van der Waals surface area contributed by atoms with E-state index in [9.17, 15) is 0 Å². The van der Waals surface area contributed by atoms with Gasteiger partial charge in [0.25, 0.3) is 0 Å². The lowest BCUT2D eigenvalue weighted by molar-refractivity contribution is 0.334. The summed E-state index contributed by atoms with van der Waals surface area (Å²) in [6.45, 7) is 3.77. The maximum atomic E-state index is 5.89. The number of benzene rings is 1. The number of likely N-dealkylation sites (tertiary alicyclic amines) is 1. The summed E-state index contributed by atoms with van der Waals surface area (Å²) in [6, 6.07) is 5.96. The topological polar surface area (TPSA) is 29.3 Å². The molecule has 0 aliphatic carbocycles. The van der Waals surface area contributed by atoms with Gasteiger partial charge in [-0.3, -0.25) is 0 Å². The van der Waals surface area contributed by atoms with Crippen molar-refractivity contribution in [3.63, 3.8) is 0 Å². The number of aryl methyl sites for hydroxylation is 1. The molecule has 0 saturated carbocycles. The molecule has 0 aromatic heterocycles. The Balaban J connectivity index is 1.78. The second kappa shape index (κ2) is 5.55. The van der Waals surface area contributed by atoms with E-state index in [0.29, 0.717) is 10.7 Å². The van der Waals surface area contributed by atoms with Crippen molar-refractivity contribution >= 4 is 17.3 Å². The zero-order valence-electron chi connectivity index (χ0n) is 9.58. The van der Waals surface area contributed by atoms with Crippen molar-refractivity contribution in [3.8, 4) is 0 Å². The maximum absolute atomic E-state index is 5.89. The van der Waals surface area contributed by atoms with Crippen LogP contribution in [0.15, 0.2) is 18.2 Å². The fourth-order valence-electron chi connectivity index (χ4n) is 2.26. The highest BCUT2D eigenvalue weighted by molar-refractivity contribution is 6.33. The van der Waals surface area contributed by atoms with Crippen LogP contribution in [0.2, 0.25) is 5.02 Å². The average molecular weight is 239 g/mol.